The fraction of sp³-hybridized carbons (Fsp3) is 0.583. The minimum Gasteiger partial charge on any atom is -0.155 e. The predicted molar refractivity (Wildman–Crippen MR) is 110 cm³/mol. The molecule has 0 radical (unpaired) electrons. The Morgan fingerprint density at radius 2 is 1.50 bits per heavy atom. The summed E-state index contributed by atoms with van der Waals surface area (Å²) in [6.45, 7) is 4.42. The number of aromatic nitrogens is 2. The summed E-state index contributed by atoms with van der Waals surface area (Å²) in [6.07, 6.45) is 13.6. The molecule has 1 aromatic heterocycles. The first kappa shape index (κ1) is 19.1. The van der Waals surface area contributed by atoms with Crippen molar-refractivity contribution in [3.05, 3.63) is 47.7 Å². The first-order valence-corrected chi connectivity index (χ1v) is 10.7. The van der Waals surface area contributed by atoms with Crippen LogP contribution < -0.4 is 0 Å². The smallest absolute Gasteiger partial charge is 0.0929 e. The molecule has 0 aliphatic heterocycles. The third kappa shape index (κ3) is 5.40. The molecule has 140 valence electrons. The number of rotatable bonds is 8. The lowest BCUT2D eigenvalue weighted by Crippen LogP contribution is -2.15. The Hall–Kier alpha value is -1.70. The van der Waals surface area contributed by atoms with Crippen LogP contribution in [0.5, 0.6) is 0 Å². The molecule has 2 heteroatoms. The van der Waals surface area contributed by atoms with Crippen LogP contribution in [0.15, 0.2) is 36.4 Å². The summed E-state index contributed by atoms with van der Waals surface area (Å²) in [6, 6.07) is 13.1. The van der Waals surface area contributed by atoms with E-state index in [-0.39, 0.29) is 0 Å². The van der Waals surface area contributed by atoms with E-state index in [0.29, 0.717) is 0 Å². The molecular weight excluding hydrogens is 316 g/mol. The molecule has 1 fully saturated rings. The minimum atomic E-state index is 0.937. The van der Waals surface area contributed by atoms with Gasteiger partial charge in [0, 0.05) is 5.56 Å². The van der Waals surface area contributed by atoms with Gasteiger partial charge < -0.3 is 0 Å². The largest absolute Gasteiger partial charge is 0.155 e. The lowest BCUT2D eigenvalue weighted by Gasteiger charge is -2.28. The Labute approximate surface area is 159 Å². The van der Waals surface area contributed by atoms with E-state index in [2.05, 4.69) is 60.4 Å². The summed E-state index contributed by atoms with van der Waals surface area (Å²) in [5.41, 5.74) is 4.65. The average Bonchev–Trinajstić information content (AvgIpc) is 2.72. The summed E-state index contributed by atoms with van der Waals surface area (Å²) in [5, 5.41) is 8.62. The molecule has 0 spiro atoms. The maximum atomic E-state index is 4.35. The molecule has 1 aromatic carbocycles. The Morgan fingerprint density at radius 1 is 0.808 bits per heavy atom. The molecule has 2 nitrogen and oxygen atoms in total. The van der Waals surface area contributed by atoms with Gasteiger partial charge in [0.1, 0.15) is 0 Å². The highest BCUT2D eigenvalue weighted by atomic mass is 15.1. The van der Waals surface area contributed by atoms with Crippen LogP contribution in [0.4, 0.5) is 0 Å². The average molecular weight is 351 g/mol. The minimum absolute atomic E-state index is 0.937. The molecule has 0 atom stereocenters. The molecule has 3 rings (SSSR count). The first-order chi connectivity index (χ1) is 12.8. The molecule has 26 heavy (non-hydrogen) atoms. The number of hydrogen-bond acceptors (Lipinski definition) is 2. The van der Waals surface area contributed by atoms with Crippen LogP contribution in [0, 0.1) is 11.8 Å². The maximum Gasteiger partial charge on any atom is 0.0929 e. The highest BCUT2D eigenvalue weighted by molar-refractivity contribution is 5.58. The Morgan fingerprint density at radius 3 is 2.08 bits per heavy atom. The van der Waals surface area contributed by atoms with E-state index in [0.717, 1.165) is 29.6 Å². The zero-order chi connectivity index (χ0) is 18.2. The van der Waals surface area contributed by atoms with Gasteiger partial charge in [-0.25, -0.2) is 0 Å². The first-order valence-electron chi connectivity index (χ1n) is 10.7. The third-order valence-corrected chi connectivity index (χ3v) is 6.11. The zero-order valence-electron chi connectivity index (χ0n) is 16.6. The zero-order valence-corrected chi connectivity index (χ0v) is 16.6. The monoisotopic (exact) mass is 350 g/mol. The number of unbranched alkanes of at least 4 members (excludes halogenated alkanes) is 1. The third-order valence-electron chi connectivity index (χ3n) is 6.11. The molecule has 0 saturated heterocycles. The van der Waals surface area contributed by atoms with E-state index in [1.807, 2.05) is 0 Å². The molecule has 0 amide bonds. The predicted octanol–water partition coefficient (Wildman–Crippen LogP) is 6.64. The van der Waals surface area contributed by atoms with Crippen molar-refractivity contribution < 1.29 is 0 Å². The van der Waals surface area contributed by atoms with Crippen LogP contribution in [-0.4, -0.2) is 10.2 Å². The van der Waals surface area contributed by atoms with Crippen molar-refractivity contribution in [2.45, 2.75) is 78.1 Å². The normalized spacial score (nSPS) is 20.2. The van der Waals surface area contributed by atoms with Crippen molar-refractivity contribution in [3.63, 3.8) is 0 Å². The quantitative estimate of drug-likeness (QED) is 0.533. The number of benzene rings is 1. The van der Waals surface area contributed by atoms with Gasteiger partial charge in [0.2, 0.25) is 0 Å². The number of hydrogen-bond donors (Lipinski definition) is 0. The van der Waals surface area contributed by atoms with E-state index >= 15 is 0 Å². The molecule has 0 bridgehead atoms. The van der Waals surface area contributed by atoms with Crippen LogP contribution in [0.25, 0.3) is 11.3 Å². The summed E-state index contributed by atoms with van der Waals surface area (Å²) in [7, 11) is 0. The van der Waals surface area contributed by atoms with E-state index < -0.39 is 0 Å². The van der Waals surface area contributed by atoms with Crippen LogP contribution in [-0.2, 0) is 12.8 Å². The number of nitrogens with zero attached hydrogens (tertiary/aromatic N) is 2. The molecule has 1 heterocycles. The fourth-order valence-electron chi connectivity index (χ4n) is 4.22. The summed E-state index contributed by atoms with van der Waals surface area (Å²) in [4.78, 5) is 0. The van der Waals surface area contributed by atoms with Crippen LogP contribution >= 0.6 is 0 Å². The van der Waals surface area contributed by atoms with Gasteiger partial charge in [0.15, 0.2) is 0 Å². The standard InChI is InChI=1S/C24H34N2/c1-3-5-6-19-7-9-20(10-8-19)11-12-21-13-15-22(16-14-21)24-18-17-23(4-2)25-26-24/h13-20H,3-12H2,1-2H3. The second-order valence-corrected chi connectivity index (χ2v) is 8.03. The van der Waals surface area contributed by atoms with E-state index in [1.165, 1.54) is 68.9 Å². The van der Waals surface area contributed by atoms with Gasteiger partial charge in [0.05, 0.1) is 11.4 Å². The van der Waals surface area contributed by atoms with Gasteiger partial charge in [-0.1, -0.05) is 83.1 Å². The Kier molecular flexibility index (Phi) is 7.22. The van der Waals surface area contributed by atoms with Gasteiger partial charge in [-0.05, 0) is 48.8 Å². The van der Waals surface area contributed by atoms with Crippen LogP contribution in [0.3, 0.4) is 0 Å². The topological polar surface area (TPSA) is 25.8 Å². The lowest BCUT2D eigenvalue weighted by atomic mass is 9.78. The molecule has 2 aromatic rings. The molecule has 1 saturated carbocycles. The van der Waals surface area contributed by atoms with E-state index in [4.69, 9.17) is 0 Å². The molecule has 1 aliphatic carbocycles. The molecular formula is C24H34N2. The molecule has 1 aliphatic rings. The van der Waals surface area contributed by atoms with Crippen molar-refractivity contribution in [1.29, 1.82) is 0 Å². The Balaban J connectivity index is 1.46. The second kappa shape index (κ2) is 9.85. The van der Waals surface area contributed by atoms with Gasteiger partial charge in [-0.3, -0.25) is 0 Å². The van der Waals surface area contributed by atoms with Crippen LogP contribution in [0.1, 0.15) is 76.5 Å². The van der Waals surface area contributed by atoms with Crippen molar-refractivity contribution in [2.75, 3.05) is 0 Å². The summed E-state index contributed by atoms with van der Waals surface area (Å²) < 4.78 is 0. The molecule has 0 N–H and O–H groups in total. The maximum absolute atomic E-state index is 4.35. The highest BCUT2D eigenvalue weighted by Crippen LogP contribution is 2.34. The van der Waals surface area contributed by atoms with Crippen molar-refractivity contribution >= 4 is 0 Å². The Bertz CT molecular complexity index is 637. The van der Waals surface area contributed by atoms with Crippen molar-refractivity contribution in [1.82, 2.24) is 10.2 Å². The lowest BCUT2D eigenvalue weighted by molar-refractivity contribution is 0.250. The van der Waals surface area contributed by atoms with E-state index in [9.17, 15) is 0 Å². The van der Waals surface area contributed by atoms with Gasteiger partial charge in [0.25, 0.3) is 0 Å². The van der Waals surface area contributed by atoms with Gasteiger partial charge in [-0.15, -0.1) is 0 Å². The summed E-state index contributed by atoms with van der Waals surface area (Å²) in [5.74, 6) is 1.96. The van der Waals surface area contributed by atoms with Gasteiger partial charge >= 0.3 is 0 Å². The van der Waals surface area contributed by atoms with E-state index in [1.54, 1.807) is 0 Å². The van der Waals surface area contributed by atoms with Crippen molar-refractivity contribution in [2.24, 2.45) is 11.8 Å². The second-order valence-electron chi connectivity index (χ2n) is 8.03. The van der Waals surface area contributed by atoms with Crippen LogP contribution in [0.2, 0.25) is 0 Å². The fourth-order valence-corrected chi connectivity index (χ4v) is 4.22. The SMILES string of the molecule is CCCCC1CCC(CCc2ccc(-c3ccc(CC)nn3)cc2)CC1. The van der Waals surface area contributed by atoms with Crippen molar-refractivity contribution in [3.8, 4) is 11.3 Å². The van der Waals surface area contributed by atoms with Gasteiger partial charge in [-0.2, -0.15) is 10.2 Å². The molecule has 0 unspecified atom stereocenters. The number of aryl methyl sites for hydroxylation is 2. The highest BCUT2D eigenvalue weighted by Gasteiger charge is 2.20. The summed E-state index contributed by atoms with van der Waals surface area (Å²) >= 11 is 0.